The van der Waals surface area contributed by atoms with E-state index in [1.165, 1.54) is 16.7 Å². The average molecular weight is 434 g/mol. The van der Waals surface area contributed by atoms with Crippen LogP contribution in [-0.4, -0.2) is 33.6 Å². The fraction of sp³-hybridized carbons (Fsp3) is 0.172. The van der Waals surface area contributed by atoms with Gasteiger partial charge in [-0.25, -0.2) is 0 Å². The molecule has 4 heteroatoms. The zero-order valence-electron chi connectivity index (χ0n) is 18.8. The second kappa shape index (κ2) is 9.00. The summed E-state index contributed by atoms with van der Waals surface area (Å²) in [6.45, 7) is 1.23. The Kier molecular flexibility index (Phi) is 5.76. The molecule has 0 aliphatic carbocycles. The van der Waals surface area contributed by atoms with Gasteiger partial charge in [-0.2, -0.15) is 5.10 Å². The number of hydrogen-bond donors (Lipinski definition) is 0. The summed E-state index contributed by atoms with van der Waals surface area (Å²) >= 11 is 0. The Balaban J connectivity index is 1.70. The molecule has 1 saturated heterocycles. The molecule has 0 bridgehead atoms. The second-order valence-electron chi connectivity index (χ2n) is 8.49. The number of rotatable bonds is 5. The van der Waals surface area contributed by atoms with Crippen molar-refractivity contribution in [2.45, 2.75) is 12.0 Å². The lowest BCUT2D eigenvalue weighted by atomic mass is 9.74. The van der Waals surface area contributed by atoms with Gasteiger partial charge < -0.3 is 0 Å². The van der Waals surface area contributed by atoms with Crippen molar-refractivity contribution in [1.29, 1.82) is 0 Å². The monoisotopic (exact) mass is 433 g/mol. The largest absolute Gasteiger partial charge is 0.294 e. The summed E-state index contributed by atoms with van der Waals surface area (Å²) in [7, 11) is 1.89. The van der Waals surface area contributed by atoms with Crippen molar-refractivity contribution < 1.29 is 4.79 Å². The topological polar surface area (TPSA) is 38.1 Å². The minimum absolute atomic E-state index is 0.194. The van der Waals surface area contributed by atoms with Gasteiger partial charge in [-0.3, -0.25) is 14.4 Å². The first-order valence-corrected chi connectivity index (χ1v) is 11.3. The van der Waals surface area contributed by atoms with E-state index in [2.05, 4.69) is 101 Å². The van der Waals surface area contributed by atoms with Crippen molar-refractivity contribution >= 4 is 11.9 Å². The lowest BCUT2D eigenvalue weighted by Crippen LogP contribution is -2.52. The minimum atomic E-state index is -0.520. The zero-order valence-corrected chi connectivity index (χ0v) is 18.8. The second-order valence-corrected chi connectivity index (χ2v) is 8.49. The number of ketones is 1. The number of Topliss-reactive ketones (excluding diaryl/α,β-unsaturated/α-hetero) is 1. The summed E-state index contributed by atoms with van der Waals surface area (Å²) in [5, 5.41) is 4.47. The van der Waals surface area contributed by atoms with Gasteiger partial charge in [-0.05, 0) is 28.8 Å². The SMILES string of the molecule is Cn1ccc(C=C2CN(C(c3ccccc3)(c3ccccc3)c3ccccc3)CCC2=O)n1. The third kappa shape index (κ3) is 3.94. The van der Waals surface area contributed by atoms with E-state index in [0.29, 0.717) is 19.5 Å². The number of likely N-dealkylation sites (tertiary alicyclic amines) is 1. The molecule has 0 saturated carbocycles. The summed E-state index contributed by atoms with van der Waals surface area (Å²) in [5.74, 6) is 0.194. The van der Waals surface area contributed by atoms with Crippen LogP contribution in [0, 0.1) is 0 Å². The first kappa shape index (κ1) is 21.1. The van der Waals surface area contributed by atoms with Crippen molar-refractivity contribution in [2.24, 2.45) is 7.05 Å². The van der Waals surface area contributed by atoms with Crippen LogP contribution in [0.3, 0.4) is 0 Å². The molecule has 4 nitrogen and oxygen atoms in total. The predicted molar refractivity (Wildman–Crippen MR) is 132 cm³/mol. The van der Waals surface area contributed by atoms with Gasteiger partial charge in [-0.15, -0.1) is 0 Å². The maximum atomic E-state index is 13.0. The lowest BCUT2D eigenvalue weighted by molar-refractivity contribution is -0.117. The highest BCUT2D eigenvalue weighted by Gasteiger charge is 2.44. The van der Waals surface area contributed by atoms with Gasteiger partial charge in [0.2, 0.25) is 0 Å². The Morgan fingerprint density at radius 3 is 1.76 bits per heavy atom. The first-order chi connectivity index (χ1) is 16.2. The summed E-state index contributed by atoms with van der Waals surface area (Å²) < 4.78 is 1.76. The molecular formula is C29H27N3O. The summed E-state index contributed by atoms with van der Waals surface area (Å²) in [6, 6.07) is 33.8. The number of hydrogen-bond acceptors (Lipinski definition) is 3. The standard InChI is InChI=1S/C29H27N3O/c1-31-19-17-27(30-31)21-23-22-32(20-18-28(23)33)29(24-11-5-2-6-12-24,25-13-7-3-8-14-25)26-15-9-4-10-16-26/h2-17,19,21H,18,20,22H2,1H3. The van der Waals surface area contributed by atoms with Crippen LogP contribution in [0.15, 0.2) is 109 Å². The fourth-order valence-electron chi connectivity index (χ4n) is 4.96. The normalized spacial score (nSPS) is 16.3. The predicted octanol–water partition coefficient (Wildman–Crippen LogP) is 5.07. The first-order valence-electron chi connectivity index (χ1n) is 11.3. The Labute approximate surface area is 194 Å². The Hall–Kier alpha value is -3.76. The number of piperidine rings is 1. The van der Waals surface area contributed by atoms with Gasteiger partial charge in [0.1, 0.15) is 0 Å². The smallest absolute Gasteiger partial charge is 0.161 e. The van der Waals surface area contributed by atoms with E-state index in [-0.39, 0.29) is 5.78 Å². The van der Waals surface area contributed by atoms with Gasteiger partial charge in [0.05, 0.1) is 11.2 Å². The van der Waals surface area contributed by atoms with E-state index in [1.54, 1.807) is 4.68 Å². The number of carbonyl (C=O) groups excluding carboxylic acids is 1. The van der Waals surface area contributed by atoms with E-state index >= 15 is 0 Å². The molecule has 5 rings (SSSR count). The fourth-order valence-corrected chi connectivity index (χ4v) is 4.96. The average Bonchev–Trinajstić information content (AvgIpc) is 3.28. The van der Waals surface area contributed by atoms with Crippen LogP contribution in [0.5, 0.6) is 0 Å². The van der Waals surface area contributed by atoms with E-state index < -0.39 is 5.54 Å². The number of aryl methyl sites for hydroxylation is 1. The number of nitrogens with zero attached hydrogens (tertiary/aromatic N) is 3. The molecule has 1 aromatic heterocycles. The van der Waals surface area contributed by atoms with E-state index in [0.717, 1.165) is 11.3 Å². The molecule has 0 N–H and O–H groups in total. The highest BCUT2D eigenvalue weighted by atomic mass is 16.1. The van der Waals surface area contributed by atoms with E-state index in [1.807, 2.05) is 25.4 Å². The molecule has 0 radical (unpaired) electrons. The molecule has 0 spiro atoms. The van der Waals surface area contributed by atoms with Crippen LogP contribution in [0.2, 0.25) is 0 Å². The van der Waals surface area contributed by atoms with Gasteiger partial charge in [-0.1, -0.05) is 91.0 Å². The maximum Gasteiger partial charge on any atom is 0.161 e. The molecule has 2 heterocycles. The molecule has 0 unspecified atom stereocenters. The number of carbonyl (C=O) groups is 1. The quantitative estimate of drug-likeness (QED) is 0.326. The van der Waals surface area contributed by atoms with E-state index in [4.69, 9.17) is 0 Å². The van der Waals surface area contributed by atoms with Gasteiger partial charge >= 0.3 is 0 Å². The number of aromatic nitrogens is 2. The van der Waals surface area contributed by atoms with Crippen LogP contribution in [-0.2, 0) is 17.4 Å². The molecular weight excluding hydrogens is 406 g/mol. The highest BCUT2D eigenvalue weighted by Crippen LogP contribution is 2.43. The van der Waals surface area contributed by atoms with Crippen molar-refractivity contribution in [3.05, 3.63) is 131 Å². The third-order valence-electron chi connectivity index (χ3n) is 6.43. The summed E-state index contributed by atoms with van der Waals surface area (Å²) in [4.78, 5) is 15.4. The van der Waals surface area contributed by atoms with Crippen molar-refractivity contribution in [3.8, 4) is 0 Å². The molecule has 1 aliphatic rings. The molecule has 164 valence electrons. The van der Waals surface area contributed by atoms with Crippen LogP contribution in [0.1, 0.15) is 28.8 Å². The summed E-state index contributed by atoms with van der Waals surface area (Å²) in [6.07, 6.45) is 4.33. The molecule has 3 aromatic carbocycles. The van der Waals surface area contributed by atoms with Crippen molar-refractivity contribution in [3.63, 3.8) is 0 Å². The molecule has 0 atom stereocenters. The van der Waals surface area contributed by atoms with Crippen molar-refractivity contribution in [2.75, 3.05) is 13.1 Å². The van der Waals surface area contributed by atoms with E-state index in [9.17, 15) is 4.79 Å². The minimum Gasteiger partial charge on any atom is -0.294 e. The molecule has 4 aromatic rings. The Bertz CT molecular complexity index is 1160. The van der Waals surface area contributed by atoms with Gasteiger partial charge in [0, 0.05) is 38.3 Å². The Morgan fingerprint density at radius 2 is 1.30 bits per heavy atom. The molecule has 33 heavy (non-hydrogen) atoms. The molecule has 1 aliphatic heterocycles. The molecule has 1 fully saturated rings. The highest BCUT2D eigenvalue weighted by molar-refractivity contribution is 6.00. The van der Waals surface area contributed by atoms with Crippen molar-refractivity contribution in [1.82, 2.24) is 14.7 Å². The third-order valence-corrected chi connectivity index (χ3v) is 6.43. The van der Waals surface area contributed by atoms with Crippen LogP contribution < -0.4 is 0 Å². The van der Waals surface area contributed by atoms with Gasteiger partial charge in [0.15, 0.2) is 5.78 Å². The number of benzene rings is 3. The van der Waals surface area contributed by atoms with Crippen LogP contribution in [0.25, 0.3) is 6.08 Å². The molecule has 0 amide bonds. The maximum absolute atomic E-state index is 13.0. The zero-order chi connectivity index (χ0) is 22.7. The van der Waals surface area contributed by atoms with Crippen LogP contribution >= 0.6 is 0 Å². The van der Waals surface area contributed by atoms with Gasteiger partial charge in [0.25, 0.3) is 0 Å². The summed E-state index contributed by atoms with van der Waals surface area (Å²) in [5.41, 5.74) is 4.66. The lowest BCUT2D eigenvalue weighted by Gasteiger charge is -2.47. The Morgan fingerprint density at radius 1 is 0.788 bits per heavy atom. The van der Waals surface area contributed by atoms with Crippen LogP contribution in [0.4, 0.5) is 0 Å².